The Morgan fingerprint density at radius 1 is 1.22 bits per heavy atom. The maximum atomic E-state index is 10.3. The summed E-state index contributed by atoms with van der Waals surface area (Å²) in [6.45, 7) is 2.15. The summed E-state index contributed by atoms with van der Waals surface area (Å²) in [7, 11) is 2.07. The highest BCUT2D eigenvalue weighted by molar-refractivity contribution is 5.66. The van der Waals surface area contributed by atoms with E-state index >= 15 is 0 Å². The molecule has 0 unspecified atom stereocenters. The van der Waals surface area contributed by atoms with Gasteiger partial charge in [0.1, 0.15) is 7.05 Å². The predicted molar refractivity (Wildman–Crippen MR) is 71.4 cm³/mol. The molecule has 1 aromatic rings. The van der Waals surface area contributed by atoms with Gasteiger partial charge in [-0.1, -0.05) is 19.3 Å². The van der Waals surface area contributed by atoms with E-state index in [0.717, 1.165) is 25.7 Å². The molecular weight excluding hydrogens is 226 g/mol. The van der Waals surface area contributed by atoms with Crippen molar-refractivity contribution in [2.45, 2.75) is 51.9 Å². The Hall–Kier alpha value is -1.38. The zero-order valence-corrected chi connectivity index (χ0v) is 11.5. The smallest absolute Gasteiger partial charge is 0.303 e. The van der Waals surface area contributed by atoms with Crippen LogP contribution in [0.15, 0.2) is 18.3 Å². The Kier molecular flexibility index (Phi) is 6.40. The summed E-state index contributed by atoms with van der Waals surface area (Å²) in [5.41, 5.74) is 2.76. The van der Waals surface area contributed by atoms with Crippen LogP contribution in [-0.2, 0) is 18.3 Å². The van der Waals surface area contributed by atoms with Crippen LogP contribution in [0.1, 0.15) is 49.8 Å². The van der Waals surface area contributed by atoms with Crippen LogP contribution in [0.4, 0.5) is 0 Å². The Bertz CT molecular complexity index is 388. The van der Waals surface area contributed by atoms with E-state index in [1.165, 1.54) is 24.1 Å². The van der Waals surface area contributed by atoms with Crippen LogP contribution in [0.2, 0.25) is 0 Å². The average Bonchev–Trinajstić information content (AvgIpc) is 2.32. The van der Waals surface area contributed by atoms with Crippen LogP contribution in [0.25, 0.3) is 0 Å². The molecule has 0 amide bonds. The quantitative estimate of drug-likeness (QED) is 0.569. The zero-order chi connectivity index (χ0) is 13.4. The number of aromatic nitrogens is 1. The van der Waals surface area contributed by atoms with Crippen LogP contribution >= 0.6 is 0 Å². The third kappa shape index (κ3) is 5.30. The van der Waals surface area contributed by atoms with Crippen molar-refractivity contribution >= 4 is 5.97 Å². The Balaban J connectivity index is 2.14. The lowest BCUT2D eigenvalue weighted by atomic mass is 10.0. The van der Waals surface area contributed by atoms with Gasteiger partial charge in [0.2, 0.25) is 0 Å². The van der Waals surface area contributed by atoms with Crippen LogP contribution in [0.5, 0.6) is 0 Å². The molecule has 0 aliphatic carbocycles. The van der Waals surface area contributed by atoms with E-state index in [0.29, 0.717) is 6.42 Å². The summed E-state index contributed by atoms with van der Waals surface area (Å²) in [6, 6.07) is 4.29. The van der Waals surface area contributed by atoms with Gasteiger partial charge in [-0.15, -0.1) is 0 Å². The monoisotopic (exact) mass is 250 g/mol. The minimum atomic E-state index is -0.678. The summed E-state index contributed by atoms with van der Waals surface area (Å²) in [5, 5.41) is 8.52. The first-order valence-corrected chi connectivity index (χ1v) is 6.77. The molecule has 3 heteroatoms. The van der Waals surface area contributed by atoms with Crippen molar-refractivity contribution in [3.05, 3.63) is 29.6 Å². The zero-order valence-electron chi connectivity index (χ0n) is 11.5. The summed E-state index contributed by atoms with van der Waals surface area (Å²) in [4.78, 5) is 10.3. The number of nitrogens with zero attached hydrogens (tertiary/aromatic N) is 1. The number of carboxylic acid groups (broad SMARTS) is 1. The largest absolute Gasteiger partial charge is 0.481 e. The minimum Gasteiger partial charge on any atom is -0.481 e. The Labute approximate surface area is 109 Å². The van der Waals surface area contributed by atoms with Gasteiger partial charge in [-0.3, -0.25) is 4.79 Å². The average molecular weight is 250 g/mol. The summed E-state index contributed by atoms with van der Waals surface area (Å²) in [6.07, 6.45) is 8.89. The van der Waals surface area contributed by atoms with E-state index in [9.17, 15) is 4.79 Å². The fraction of sp³-hybridized carbons (Fsp3) is 0.600. The van der Waals surface area contributed by atoms with E-state index in [4.69, 9.17) is 5.11 Å². The molecule has 18 heavy (non-hydrogen) atoms. The molecule has 0 atom stereocenters. The molecule has 1 heterocycles. The highest BCUT2D eigenvalue weighted by Gasteiger charge is 2.06. The Morgan fingerprint density at radius 2 is 1.89 bits per heavy atom. The lowest BCUT2D eigenvalue weighted by Crippen LogP contribution is -2.32. The molecule has 100 valence electrons. The number of aryl methyl sites for hydroxylation is 2. The molecule has 1 N–H and O–H groups in total. The molecule has 0 saturated heterocycles. The van der Waals surface area contributed by atoms with E-state index in [1.54, 1.807) is 0 Å². The second-order valence-electron chi connectivity index (χ2n) is 4.89. The van der Waals surface area contributed by atoms with Gasteiger partial charge in [0.05, 0.1) is 0 Å². The normalized spacial score (nSPS) is 10.6. The van der Waals surface area contributed by atoms with E-state index in [-0.39, 0.29) is 0 Å². The fourth-order valence-electron chi connectivity index (χ4n) is 2.13. The number of unbranched alkanes of at least 4 members (excludes halogenated alkanes) is 4. The molecule has 0 saturated carbocycles. The molecule has 0 aliphatic heterocycles. The molecular formula is C15H24NO2+. The number of rotatable bonds is 8. The van der Waals surface area contributed by atoms with Crippen LogP contribution < -0.4 is 4.57 Å². The summed E-state index contributed by atoms with van der Waals surface area (Å²) >= 11 is 0. The summed E-state index contributed by atoms with van der Waals surface area (Å²) < 4.78 is 2.15. The maximum absolute atomic E-state index is 10.3. The molecule has 0 radical (unpaired) electrons. The number of hydrogen-bond acceptors (Lipinski definition) is 1. The fourth-order valence-corrected chi connectivity index (χ4v) is 2.13. The SMILES string of the molecule is Cc1c(CCCCCCCC(=O)O)ccc[n+]1C. The van der Waals surface area contributed by atoms with Crippen LogP contribution in [0, 0.1) is 6.92 Å². The maximum Gasteiger partial charge on any atom is 0.303 e. The number of pyridine rings is 1. The van der Waals surface area contributed by atoms with Gasteiger partial charge in [0.15, 0.2) is 11.9 Å². The number of hydrogen-bond donors (Lipinski definition) is 1. The van der Waals surface area contributed by atoms with Crippen molar-refractivity contribution in [1.29, 1.82) is 0 Å². The number of carboxylic acids is 1. The molecule has 0 spiro atoms. The minimum absolute atomic E-state index is 0.313. The number of carbonyl (C=O) groups is 1. The van der Waals surface area contributed by atoms with Crippen molar-refractivity contribution in [2.75, 3.05) is 0 Å². The molecule has 1 rings (SSSR count). The first kappa shape index (κ1) is 14.7. The molecule has 0 aliphatic rings. The van der Waals surface area contributed by atoms with Gasteiger partial charge >= 0.3 is 5.97 Å². The number of aliphatic carboxylic acids is 1. The lowest BCUT2D eigenvalue weighted by Gasteiger charge is -2.03. The van der Waals surface area contributed by atoms with Gasteiger partial charge in [0.25, 0.3) is 0 Å². The molecule has 0 bridgehead atoms. The van der Waals surface area contributed by atoms with Crippen LogP contribution in [-0.4, -0.2) is 11.1 Å². The van der Waals surface area contributed by atoms with Gasteiger partial charge in [-0.05, 0) is 25.3 Å². The van der Waals surface area contributed by atoms with E-state index in [1.807, 2.05) is 0 Å². The van der Waals surface area contributed by atoms with Gasteiger partial charge in [-0.2, -0.15) is 0 Å². The first-order chi connectivity index (χ1) is 8.61. The van der Waals surface area contributed by atoms with Crippen molar-refractivity contribution in [3.63, 3.8) is 0 Å². The highest BCUT2D eigenvalue weighted by atomic mass is 16.4. The molecule has 0 fully saturated rings. The second kappa shape index (κ2) is 7.85. The predicted octanol–water partition coefficient (Wildman–Crippen LogP) is 2.79. The van der Waals surface area contributed by atoms with Crippen molar-refractivity contribution in [2.24, 2.45) is 7.05 Å². The first-order valence-electron chi connectivity index (χ1n) is 6.77. The van der Waals surface area contributed by atoms with Crippen molar-refractivity contribution < 1.29 is 14.5 Å². The molecule has 3 nitrogen and oxygen atoms in total. The molecule has 0 aromatic carbocycles. The third-order valence-corrected chi connectivity index (χ3v) is 3.44. The van der Waals surface area contributed by atoms with Gasteiger partial charge in [-0.25, -0.2) is 4.57 Å². The standard InChI is InChI=1S/C15H23NO2/c1-13-14(10-8-12-16(13)2)9-6-4-3-5-7-11-15(17)18/h8,10,12H,3-7,9,11H2,1-2H3/p+1. The van der Waals surface area contributed by atoms with Crippen LogP contribution in [0.3, 0.4) is 0 Å². The summed E-state index contributed by atoms with van der Waals surface area (Å²) in [5.74, 6) is -0.678. The van der Waals surface area contributed by atoms with E-state index < -0.39 is 5.97 Å². The van der Waals surface area contributed by atoms with Crippen molar-refractivity contribution in [1.82, 2.24) is 0 Å². The van der Waals surface area contributed by atoms with Gasteiger partial charge in [0, 0.05) is 25.0 Å². The lowest BCUT2D eigenvalue weighted by molar-refractivity contribution is -0.678. The van der Waals surface area contributed by atoms with Gasteiger partial charge < -0.3 is 5.11 Å². The Morgan fingerprint density at radius 3 is 2.61 bits per heavy atom. The third-order valence-electron chi connectivity index (χ3n) is 3.44. The topological polar surface area (TPSA) is 41.2 Å². The highest BCUT2D eigenvalue weighted by Crippen LogP contribution is 2.11. The molecule has 1 aromatic heterocycles. The van der Waals surface area contributed by atoms with E-state index in [2.05, 4.69) is 36.9 Å². The second-order valence-corrected chi connectivity index (χ2v) is 4.89. The van der Waals surface area contributed by atoms with Crippen molar-refractivity contribution in [3.8, 4) is 0 Å².